The highest BCUT2D eigenvalue weighted by atomic mass is 15.2. The van der Waals surface area contributed by atoms with Crippen molar-refractivity contribution in [3.8, 4) is 50.5 Å². The number of hydrogen-bond donors (Lipinski definition) is 1. The summed E-state index contributed by atoms with van der Waals surface area (Å²) in [6, 6.07) is 80.2. The van der Waals surface area contributed by atoms with Crippen molar-refractivity contribution in [1.29, 1.82) is 0 Å². The summed E-state index contributed by atoms with van der Waals surface area (Å²) < 4.78 is 2.28. The van der Waals surface area contributed by atoms with Crippen molar-refractivity contribution in [2.45, 2.75) is 19.3 Å². The monoisotopic (exact) mass is 792 g/mol. The second-order valence-electron chi connectivity index (χ2n) is 17.3. The minimum Gasteiger partial charge on any atom is -0.292 e. The molecule has 0 fully saturated rings. The molecule has 1 aliphatic carbocycles. The largest absolute Gasteiger partial charge is 0.292 e. The molecule has 0 saturated heterocycles. The van der Waals surface area contributed by atoms with E-state index in [4.69, 9.17) is 4.98 Å². The third kappa shape index (κ3) is 5.75. The van der Waals surface area contributed by atoms with E-state index < -0.39 is 0 Å². The molecule has 12 rings (SSSR count). The topological polar surface area (TPSA) is 22.3 Å². The molecular weight excluding hydrogens is 749 g/mol. The first-order valence-corrected chi connectivity index (χ1v) is 21.7. The Morgan fingerprint density at radius 3 is 1.79 bits per heavy atom. The van der Waals surface area contributed by atoms with Gasteiger partial charge in [-0.1, -0.05) is 182 Å². The summed E-state index contributed by atoms with van der Waals surface area (Å²) in [6.45, 7) is 4.76. The third-order valence-corrected chi connectivity index (χ3v) is 13.4. The van der Waals surface area contributed by atoms with Gasteiger partial charge in [-0.05, 0) is 88.0 Å². The molecule has 0 bridgehead atoms. The van der Waals surface area contributed by atoms with Gasteiger partial charge in [0.15, 0.2) is 0 Å². The summed E-state index contributed by atoms with van der Waals surface area (Å²) in [4.78, 5) is 6.49. The van der Waals surface area contributed by atoms with Gasteiger partial charge in [-0.15, -0.1) is 0 Å². The molecule has 2 aliphatic rings. The molecule has 10 aromatic rings. The Morgan fingerprint density at radius 2 is 1.02 bits per heavy atom. The lowest BCUT2D eigenvalue weighted by molar-refractivity contribution is -0.677. The molecule has 3 nitrogen and oxygen atoms in total. The van der Waals surface area contributed by atoms with Crippen LogP contribution < -0.4 is 21.3 Å². The summed E-state index contributed by atoms with van der Waals surface area (Å²) in [6.07, 6.45) is 0. The maximum Gasteiger partial charge on any atom is 0.241 e. The smallest absolute Gasteiger partial charge is 0.241 e. The fourth-order valence-electron chi connectivity index (χ4n) is 10.4. The number of nitrogens with zero attached hydrogens (tertiary/aromatic N) is 2. The second kappa shape index (κ2) is 14.3. The maximum absolute atomic E-state index is 5.18. The summed E-state index contributed by atoms with van der Waals surface area (Å²) in [7, 11) is 0. The predicted octanol–water partition coefficient (Wildman–Crippen LogP) is 11.3. The SMILES string of the molecule is CC1(C)c2ccccc2-c2ccc(B(c3ccc(-c4ccc5c(c4)-c4ccccc4[NH+]5c4ccccc4)cc3)c3ccc(-c4nc5ccccc5n4-c4ccccc4)cc3)cc21. The van der Waals surface area contributed by atoms with Gasteiger partial charge in [-0.25, -0.2) is 9.88 Å². The van der Waals surface area contributed by atoms with Crippen molar-refractivity contribution in [3.63, 3.8) is 0 Å². The molecule has 2 heterocycles. The Labute approximate surface area is 363 Å². The van der Waals surface area contributed by atoms with Crippen LogP contribution in [-0.4, -0.2) is 16.3 Å². The quantitative estimate of drug-likeness (QED) is 0.160. The molecule has 0 radical (unpaired) electrons. The number of fused-ring (bicyclic) bond motifs is 7. The summed E-state index contributed by atoms with van der Waals surface area (Å²) in [5, 5.41) is 0. The molecule has 1 unspecified atom stereocenters. The molecule has 1 N–H and O–H groups in total. The lowest BCUT2D eigenvalue weighted by Crippen LogP contribution is -2.95. The van der Waals surface area contributed by atoms with Crippen molar-refractivity contribution in [2.24, 2.45) is 0 Å². The van der Waals surface area contributed by atoms with Crippen LogP contribution in [0.15, 0.2) is 218 Å². The van der Waals surface area contributed by atoms with Gasteiger partial charge in [0.1, 0.15) is 22.9 Å². The molecule has 9 aromatic carbocycles. The number of para-hydroxylation sites is 5. The van der Waals surface area contributed by atoms with Crippen LogP contribution in [0.4, 0.5) is 17.1 Å². The molecule has 1 atom stereocenters. The number of rotatable bonds is 7. The summed E-state index contributed by atoms with van der Waals surface area (Å²) >= 11 is 0. The Kier molecular flexibility index (Phi) is 8.38. The van der Waals surface area contributed by atoms with Crippen molar-refractivity contribution < 1.29 is 4.90 Å². The fraction of sp³-hybridized carbons (Fsp3) is 0.0517. The van der Waals surface area contributed by atoms with E-state index in [-0.39, 0.29) is 12.1 Å². The zero-order chi connectivity index (χ0) is 41.4. The lowest BCUT2D eigenvalue weighted by atomic mass is 9.36. The summed E-state index contributed by atoms with van der Waals surface area (Å²) in [5.74, 6) is 0.937. The van der Waals surface area contributed by atoms with Crippen LogP contribution in [0.3, 0.4) is 0 Å². The zero-order valence-electron chi connectivity index (χ0n) is 34.8. The van der Waals surface area contributed by atoms with Gasteiger partial charge >= 0.3 is 0 Å². The minimum absolute atomic E-state index is 0.0192. The van der Waals surface area contributed by atoms with Gasteiger partial charge in [-0.2, -0.15) is 0 Å². The van der Waals surface area contributed by atoms with Gasteiger partial charge in [0.25, 0.3) is 0 Å². The Bertz CT molecular complexity index is 3310. The van der Waals surface area contributed by atoms with Gasteiger partial charge in [0, 0.05) is 34.4 Å². The van der Waals surface area contributed by atoms with E-state index in [2.05, 4.69) is 237 Å². The number of nitrogens with one attached hydrogen (secondary N) is 1. The van der Waals surface area contributed by atoms with Crippen LogP contribution >= 0.6 is 0 Å². The average Bonchev–Trinajstić information content (AvgIpc) is 3.96. The van der Waals surface area contributed by atoms with Crippen LogP contribution in [0.2, 0.25) is 0 Å². The first-order chi connectivity index (χ1) is 30.5. The molecule has 1 aliphatic heterocycles. The van der Waals surface area contributed by atoms with Gasteiger partial charge in [0.05, 0.1) is 16.6 Å². The molecule has 4 heteroatoms. The average molecular weight is 793 g/mol. The van der Waals surface area contributed by atoms with Gasteiger partial charge in [-0.3, -0.25) is 4.57 Å². The number of imidazole rings is 1. The number of benzene rings is 9. The highest BCUT2D eigenvalue weighted by Gasteiger charge is 2.37. The van der Waals surface area contributed by atoms with Crippen LogP contribution in [0, 0.1) is 0 Å². The third-order valence-electron chi connectivity index (χ3n) is 13.4. The highest BCUT2D eigenvalue weighted by molar-refractivity contribution is 6.95. The van der Waals surface area contributed by atoms with Crippen LogP contribution in [0.1, 0.15) is 25.0 Å². The molecule has 0 spiro atoms. The Morgan fingerprint density at radius 1 is 0.435 bits per heavy atom. The van der Waals surface area contributed by atoms with E-state index in [9.17, 15) is 0 Å². The molecule has 62 heavy (non-hydrogen) atoms. The maximum atomic E-state index is 5.18. The van der Waals surface area contributed by atoms with E-state index in [0.29, 0.717) is 0 Å². The number of quaternary nitrogens is 1. The van der Waals surface area contributed by atoms with Crippen LogP contribution in [-0.2, 0) is 5.41 Å². The van der Waals surface area contributed by atoms with Crippen LogP contribution in [0.5, 0.6) is 0 Å². The molecule has 292 valence electrons. The minimum atomic E-state index is -0.0965. The summed E-state index contributed by atoms with van der Waals surface area (Å²) in [5.41, 5.74) is 22.3. The van der Waals surface area contributed by atoms with E-state index in [1.807, 2.05) is 0 Å². The van der Waals surface area contributed by atoms with Gasteiger partial charge in [0.2, 0.25) is 6.71 Å². The second-order valence-corrected chi connectivity index (χ2v) is 17.3. The normalized spacial score (nSPS) is 14.3. The van der Waals surface area contributed by atoms with Crippen LogP contribution in [0.25, 0.3) is 61.5 Å². The van der Waals surface area contributed by atoms with Crippen molar-refractivity contribution in [2.75, 3.05) is 0 Å². The van der Waals surface area contributed by atoms with Gasteiger partial charge < -0.3 is 0 Å². The van der Waals surface area contributed by atoms with E-state index in [1.54, 1.807) is 0 Å². The number of aromatic nitrogens is 2. The Balaban J connectivity index is 0.953. The Hall–Kier alpha value is -7.53. The highest BCUT2D eigenvalue weighted by Crippen LogP contribution is 2.48. The predicted molar refractivity (Wildman–Crippen MR) is 259 cm³/mol. The van der Waals surface area contributed by atoms with Crippen molar-refractivity contribution >= 4 is 51.2 Å². The molecular formula is C58H43BN3+. The molecule has 0 amide bonds. The van der Waals surface area contributed by atoms with Crippen molar-refractivity contribution in [1.82, 2.24) is 9.55 Å². The first-order valence-electron chi connectivity index (χ1n) is 21.7. The fourth-order valence-corrected chi connectivity index (χ4v) is 10.4. The first kappa shape index (κ1) is 36.3. The van der Waals surface area contributed by atoms with Crippen molar-refractivity contribution in [3.05, 3.63) is 230 Å². The van der Waals surface area contributed by atoms with E-state index >= 15 is 0 Å². The molecule has 1 aromatic heterocycles. The number of hydrogen-bond acceptors (Lipinski definition) is 1. The lowest BCUT2D eigenvalue weighted by Gasteiger charge is -2.23. The molecule has 0 saturated carbocycles. The standard InChI is InChI=1S/C58H42BN3/c1-58(2)51-21-11-9-19-47(51)48-35-34-44(38-52(48)58)59(43-32-27-40(28-33-43)57-60-53-22-12-14-24-56(53)62(57)46-17-7-4-8-18-46)42-30-25-39(26-31-42)41-29-36-55-50(37-41)49-20-10-13-23-54(49)61(55)45-15-5-3-6-16-45/h3-38H,1-2H3/p+1. The zero-order valence-corrected chi connectivity index (χ0v) is 34.8. The van der Waals surface area contributed by atoms with E-state index in [0.717, 1.165) is 28.1 Å². The van der Waals surface area contributed by atoms with E-state index in [1.165, 1.54) is 82.9 Å².